The van der Waals surface area contributed by atoms with E-state index in [4.69, 9.17) is 4.74 Å². The van der Waals surface area contributed by atoms with Crippen molar-refractivity contribution in [2.45, 2.75) is 39.5 Å². The van der Waals surface area contributed by atoms with E-state index in [1.807, 2.05) is 13.8 Å². The standard InChI is InChI=1S/C15H22N4O/c1-3-12-13(9-16)15(19-18-14(12)4-2)20-10-11-5-7-17-8-6-11/h11,17H,3-8,10H2,1-2H3. The number of aromatic nitrogens is 2. The molecule has 2 rings (SSSR count). The lowest BCUT2D eigenvalue weighted by Crippen LogP contribution is -2.30. The molecule has 0 amide bonds. The molecule has 0 unspecified atom stereocenters. The number of hydrogen-bond acceptors (Lipinski definition) is 5. The van der Waals surface area contributed by atoms with Gasteiger partial charge in [0.1, 0.15) is 11.6 Å². The predicted octanol–water partition coefficient (Wildman–Crippen LogP) is 1.85. The highest BCUT2D eigenvalue weighted by Crippen LogP contribution is 2.23. The topological polar surface area (TPSA) is 70.8 Å². The first-order valence-electron chi connectivity index (χ1n) is 7.42. The van der Waals surface area contributed by atoms with Gasteiger partial charge in [0.2, 0.25) is 0 Å². The van der Waals surface area contributed by atoms with Crippen molar-refractivity contribution in [2.75, 3.05) is 19.7 Å². The second-order valence-corrected chi connectivity index (χ2v) is 5.13. The summed E-state index contributed by atoms with van der Waals surface area (Å²) in [5, 5.41) is 21.0. The molecule has 1 saturated heterocycles. The lowest BCUT2D eigenvalue weighted by atomic mass is 9.99. The van der Waals surface area contributed by atoms with Crippen LogP contribution in [-0.4, -0.2) is 29.9 Å². The number of ether oxygens (including phenoxy) is 1. The van der Waals surface area contributed by atoms with E-state index in [2.05, 4.69) is 21.6 Å². The van der Waals surface area contributed by atoms with Crippen LogP contribution in [-0.2, 0) is 12.8 Å². The number of aryl methyl sites for hydroxylation is 1. The summed E-state index contributed by atoms with van der Waals surface area (Å²) in [5.74, 6) is 0.945. The van der Waals surface area contributed by atoms with Gasteiger partial charge in [0.05, 0.1) is 12.3 Å². The molecule has 0 aromatic carbocycles. The van der Waals surface area contributed by atoms with Crippen molar-refractivity contribution in [2.24, 2.45) is 5.92 Å². The molecule has 0 radical (unpaired) electrons. The van der Waals surface area contributed by atoms with E-state index in [0.717, 1.165) is 50.0 Å². The number of nitriles is 1. The summed E-state index contributed by atoms with van der Waals surface area (Å²) in [6, 6.07) is 2.24. The van der Waals surface area contributed by atoms with Crippen LogP contribution < -0.4 is 10.1 Å². The average Bonchev–Trinajstić information content (AvgIpc) is 2.52. The fraction of sp³-hybridized carbons (Fsp3) is 0.667. The Labute approximate surface area is 120 Å². The first kappa shape index (κ1) is 14.7. The zero-order valence-corrected chi connectivity index (χ0v) is 12.3. The Morgan fingerprint density at radius 1 is 1.25 bits per heavy atom. The van der Waals surface area contributed by atoms with Gasteiger partial charge in [0.25, 0.3) is 5.88 Å². The van der Waals surface area contributed by atoms with Crippen LogP contribution in [0.15, 0.2) is 0 Å². The quantitative estimate of drug-likeness (QED) is 0.887. The number of hydrogen-bond donors (Lipinski definition) is 1. The van der Waals surface area contributed by atoms with Crippen LogP contribution >= 0.6 is 0 Å². The smallest absolute Gasteiger partial charge is 0.251 e. The van der Waals surface area contributed by atoms with Crippen LogP contribution in [0.2, 0.25) is 0 Å². The van der Waals surface area contributed by atoms with E-state index >= 15 is 0 Å². The minimum Gasteiger partial charge on any atom is -0.475 e. The van der Waals surface area contributed by atoms with Crippen molar-refractivity contribution in [1.29, 1.82) is 5.26 Å². The Hall–Kier alpha value is -1.67. The van der Waals surface area contributed by atoms with E-state index in [0.29, 0.717) is 24.0 Å². The van der Waals surface area contributed by atoms with Gasteiger partial charge in [0, 0.05) is 0 Å². The summed E-state index contributed by atoms with van der Waals surface area (Å²) in [4.78, 5) is 0. The summed E-state index contributed by atoms with van der Waals surface area (Å²) < 4.78 is 5.79. The fourth-order valence-electron chi connectivity index (χ4n) is 2.62. The third-order valence-electron chi connectivity index (χ3n) is 3.84. The lowest BCUT2D eigenvalue weighted by molar-refractivity contribution is 0.206. The summed E-state index contributed by atoms with van der Waals surface area (Å²) in [6.45, 7) is 6.77. The second-order valence-electron chi connectivity index (χ2n) is 5.13. The third kappa shape index (κ3) is 3.26. The Bertz CT molecular complexity index is 489. The zero-order chi connectivity index (χ0) is 14.4. The van der Waals surface area contributed by atoms with Crippen LogP contribution in [0.25, 0.3) is 0 Å². The molecule has 1 aliphatic heterocycles. The van der Waals surface area contributed by atoms with Crippen LogP contribution in [0.4, 0.5) is 0 Å². The molecule has 1 aliphatic rings. The van der Waals surface area contributed by atoms with Crippen molar-refractivity contribution in [3.8, 4) is 11.9 Å². The molecule has 1 aromatic rings. The highest BCUT2D eigenvalue weighted by atomic mass is 16.5. The first-order valence-corrected chi connectivity index (χ1v) is 7.42. The predicted molar refractivity (Wildman–Crippen MR) is 76.6 cm³/mol. The maximum atomic E-state index is 9.38. The Kier molecular flexibility index (Phi) is 5.31. The monoisotopic (exact) mass is 274 g/mol. The molecule has 5 nitrogen and oxygen atoms in total. The van der Waals surface area contributed by atoms with Crippen molar-refractivity contribution in [3.05, 3.63) is 16.8 Å². The molecule has 0 spiro atoms. The first-order chi connectivity index (χ1) is 9.80. The second kappa shape index (κ2) is 7.20. The Morgan fingerprint density at radius 3 is 2.60 bits per heavy atom. The number of piperidine rings is 1. The molecule has 0 saturated carbocycles. The van der Waals surface area contributed by atoms with E-state index in [-0.39, 0.29) is 0 Å². The van der Waals surface area contributed by atoms with Gasteiger partial charge in [-0.1, -0.05) is 13.8 Å². The molecular weight excluding hydrogens is 252 g/mol. The Balaban J connectivity index is 2.12. The van der Waals surface area contributed by atoms with Gasteiger partial charge in [-0.2, -0.15) is 10.4 Å². The minimum atomic E-state index is 0.403. The molecule has 20 heavy (non-hydrogen) atoms. The van der Waals surface area contributed by atoms with Crippen LogP contribution in [0.5, 0.6) is 5.88 Å². The maximum absolute atomic E-state index is 9.38. The maximum Gasteiger partial charge on any atom is 0.251 e. The van der Waals surface area contributed by atoms with E-state index in [9.17, 15) is 5.26 Å². The molecular formula is C15H22N4O. The molecule has 0 aliphatic carbocycles. The SMILES string of the molecule is CCc1nnc(OCC2CCNCC2)c(C#N)c1CC. The van der Waals surface area contributed by atoms with Gasteiger partial charge in [0.15, 0.2) is 0 Å². The van der Waals surface area contributed by atoms with Gasteiger partial charge < -0.3 is 10.1 Å². The van der Waals surface area contributed by atoms with Gasteiger partial charge in [-0.05, 0) is 50.3 Å². The molecule has 1 N–H and O–H groups in total. The highest BCUT2D eigenvalue weighted by Gasteiger charge is 2.18. The average molecular weight is 274 g/mol. The van der Waals surface area contributed by atoms with Crippen molar-refractivity contribution < 1.29 is 4.74 Å². The van der Waals surface area contributed by atoms with Crippen LogP contribution in [0, 0.1) is 17.2 Å². The summed E-state index contributed by atoms with van der Waals surface area (Å²) >= 11 is 0. The number of nitrogens with zero attached hydrogens (tertiary/aromatic N) is 3. The van der Waals surface area contributed by atoms with Crippen molar-refractivity contribution in [1.82, 2.24) is 15.5 Å². The van der Waals surface area contributed by atoms with Crippen LogP contribution in [0.1, 0.15) is 43.5 Å². The normalized spacial score (nSPS) is 15.8. The lowest BCUT2D eigenvalue weighted by Gasteiger charge is -2.22. The van der Waals surface area contributed by atoms with Crippen molar-refractivity contribution in [3.63, 3.8) is 0 Å². The van der Waals surface area contributed by atoms with E-state index in [1.165, 1.54) is 0 Å². The number of rotatable bonds is 5. The molecule has 1 fully saturated rings. The Morgan fingerprint density at radius 2 is 2.00 bits per heavy atom. The zero-order valence-electron chi connectivity index (χ0n) is 12.3. The molecule has 2 heterocycles. The van der Waals surface area contributed by atoms with Gasteiger partial charge in [-0.3, -0.25) is 0 Å². The molecule has 1 aromatic heterocycles. The molecule has 0 atom stereocenters. The summed E-state index contributed by atoms with van der Waals surface area (Å²) in [7, 11) is 0. The summed E-state index contributed by atoms with van der Waals surface area (Å²) in [5.41, 5.74) is 2.44. The highest BCUT2D eigenvalue weighted by molar-refractivity contribution is 5.46. The van der Waals surface area contributed by atoms with Gasteiger partial charge in [-0.15, -0.1) is 5.10 Å². The number of nitrogens with one attached hydrogen (secondary N) is 1. The largest absolute Gasteiger partial charge is 0.475 e. The van der Waals surface area contributed by atoms with Gasteiger partial charge >= 0.3 is 0 Å². The third-order valence-corrected chi connectivity index (χ3v) is 3.84. The molecule has 5 heteroatoms. The fourth-order valence-corrected chi connectivity index (χ4v) is 2.62. The van der Waals surface area contributed by atoms with Crippen molar-refractivity contribution >= 4 is 0 Å². The molecule has 0 bridgehead atoms. The van der Waals surface area contributed by atoms with E-state index < -0.39 is 0 Å². The van der Waals surface area contributed by atoms with Gasteiger partial charge in [-0.25, -0.2) is 0 Å². The van der Waals surface area contributed by atoms with E-state index in [1.54, 1.807) is 0 Å². The van der Waals surface area contributed by atoms with Crippen LogP contribution in [0.3, 0.4) is 0 Å². The molecule has 108 valence electrons. The minimum absolute atomic E-state index is 0.403. The summed E-state index contributed by atoms with van der Waals surface area (Å²) in [6.07, 6.45) is 3.80.